The highest BCUT2D eigenvalue weighted by molar-refractivity contribution is 6.13. The number of carbonyl (C=O) groups excluding carboxylic acids is 2. The predicted octanol–water partition coefficient (Wildman–Crippen LogP) is 3.30. The van der Waals surface area contributed by atoms with E-state index in [0.29, 0.717) is 13.0 Å². The first kappa shape index (κ1) is 15.3. The van der Waals surface area contributed by atoms with Crippen molar-refractivity contribution >= 4 is 23.2 Å². The number of amides is 2. The number of anilines is 2. The lowest BCUT2D eigenvalue weighted by Crippen LogP contribution is -2.33. The van der Waals surface area contributed by atoms with Gasteiger partial charge in [0.25, 0.3) is 0 Å². The first-order valence-corrected chi connectivity index (χ1v) is 7.80. The highest BCUT2D eigenvalue weighted by atomic mass is 16.2. The van der Waals surface area contributed by atoms with Crippen LogP contribution in [-0.4, -0.2) is 18.4 Å². The molecule has 2 aromatic carbocycles. The highest BCUT2D eigenvalue weighted by Crippen LogP contribution is 2.27. The molecule has 1 heterocycles. The maximum atomic E-state index is 12.6. The average Bonchev–Trinajstić information content (AvgIpc) is 2.89. The third-order valence-electron chi connectivity index (χ3n) is 4.08. The summed E-state index contributed by atoms with van der Waals surface area (Å²) >= 11 is 0. The van der Waals surface area contributed by atoms with Crippen molar-refractivity contribution < 1.29 is 9.59 Å². The molecule has 1 aliphatic heterocycles. The van der Waals surface area contributed by atoms with Crippen LogP contribution in [0.3, 0.4) is 0 Å². The monoisotopic (exact) mass is 308 g/mol. The van der Waals surface area contributed by atoms with Crippen LogP contribution in [0, 0.1) is 19.8 Å². The molecule has 23 heavy (non-hydrogen) atoms. The Morgan fingerprint density at radius 1 is 1.09 bits per heavy atom. The van der Waals surface area contributed by atoms with Gasteiger partial charge in [0.05, 0.1) is 0 Å². The third-order valence-corrected chi connectivity index (χ3v) is 4.08. The molecule has 0 bridgehead atoms. The molecule has 1 atom stereocenters. The average molecular weight is 308 g/mol. The van der Waals surface area contributed by atoms with E-state index in [1.807, 2.05) is 56.3 Å². The molecule has 0 aromatic heterocycles. The number of hydrogen-bond acceptors (Lipinski definition) is 2. The topological polar surface area (TPSA) is 49.4 Å². The fourth-order valence-electron chi connectivity index (χ4n) is 3.04. The zero-order valence-corrected chi connectivity index (χ0v) is 13.4. The molecule has 0 saturated carbocycles. The van der Waals surface area contributed by atoms with Crippen LogP contribution in [0.4, 0.5) is 11.4 Å². The van der Waals surface area contributed by atoms with Crippen molar-refractivity contribution in [3.8, 4) is 0 Å². The van der Waals surface area contributed by atoms with Gasteiger partial charge >= 0.3 is 0 Å². The van der Waals surface area contributed by atoms with Gasteiger partial charge in [0.1, 0.15) is 5.92 Å². The fraction of sp³-hybridized carbons (Fsp3) is 0.263. The molecule has 0 aliphatic carbocycles. The van der Waals surface area contributed by atoms with E-state index in [1.54, 1.807) is 4.90 Å². The number of rotatable bonds is 3. The second kappa shape index (κ2) is 6.24. The number of nitrogens with one attached hydrogen (secondary N) is 1. The van der Waals surface area contributed by atoms with Crippen molar-refractivity contribution in [2.75, 3.05) is 16.8 Å². The summed E-state index contributed by atoms with van der Waals surface area (Å²) in [5.41, 5.74) is 3.83. The second-order valence-electron chi connectivity index (χ2n) is 6.03. The van der Waals surface area contributed by atoms with Crippen molar-refractivity contribution in [2.24, 2.45) is 5.92 Å². The standard InChI is InChI=1S/C19H20N2O2/c1-13-10-14(2)12-16(11-13)21-9-8-17(19(21)23)18(22)20-15-6-4-3-5-7-15/h3-7,10-12,17H,8-9H2,1-2H3,(H,20,22). The largest absolute Gasteiger partial charge is 0.325 e. The lowest BCUT2D eigenvalue weighted by atomic mass is 10.1. The number of hydrogen-bond donors (Lipinski definition) is 1. The molecule has 118 valence electrons. The number of benzene rings is 2. The van der Waals surface area contributed by atoms with E-state index in [2.05, 4.69) is 11.4 Å². The lowest BCUT2D eigenvalue weighted by Gasteiger charge is -2.18. The highest BCUT2D eigenvalue weighted by Gasteiger charge is 2.37. The second-order valence-corrected chi connectivity index (χ2v) is 6.03. The molecule has 2 amide bonds. The molecule has 1 aliphatic rings. The van der Waals surface area contributed by atoms with Gasteiger partial charge in [0.2, 0.25) is 11.8 Å². The number of para-hydroxylation sites is 1. The Morgan fingerprint density at radius 2 is 1.74 bits per heavy atom. The molecular weight excluding hydrogens is 288 g/mol. The normalized spacial score (nSPS) is 17.4. The van der Waals surface area contributed by atoms with Crippen molar-refractivity contribution in [1.29, 1.82) is 0 Å². The summed E-state index contributed by atoms with van der Waals surface area (Å²) in [5.74, 6) is -0.965. The van der Waals surface area contributed by atoms with Crippen molar-refractivity contribution in [3.63, 3.8) is 0 Å². The van der Waals surface area contributed by atoms with Gasteiger partial charge in [0.15, 0.2) is 0 Å². The van der Waals surface area contributed by atoms with E-state index < -0.39 is 5.92 Å². The lowest BCUT2D eigenvalue weighted by molar-refractivity contribution is -0.129. The van der Waals surface area contributed by atoms with Gasteiger partial charge in [-0.2, -0.15) is 0 Å². The van der Waals surface area contributed by atoms with Gasteiger partial charge in [-0.3, -0.25) is 9.59 Å². The summed E-state index contributed by atoms with van der Waals surface area (Å²) in [6.07, 6.45) is 0.546. The molecule has 3 rings (SSSR count). The molecule has 1 unspecified atom stereocenters. The Kier molecular flexibility index (Phi) is 4.15. The fourth-order valence-corrected chi connectivity index (χ4v) is 3.04. The van der Waals surface area contributed by atoms with Crippen LogP contribution in [-0.2, 0) is 9.59 Å². The molecule has 4 heteroatoms. The summed E-state index contributed by atoms with van der Waals surface area (Å²) in [7, 11) is 0. The molecule has 4 nitrogen and oxygen atoms in total. The molecular formula is C19H20N2O2. The minimum atomic E-state index is -0.615. The Labute approximate surface area is 136 Å². The van der Waals surface area contributed by atoms with Crippen LogP contribution in [0.15, 0.2) is 48.5 Å². The predicted molar refractivity (Wildman–Crippen MR) is 91.4 cm³/mol. The van der Waals surface area contributed by atoms with Crippen LogP contribution < -0.4 is 10.2 Å². The van der Waals surface area contributed by atoms with E-state index in [4.69, 9.17) is 0 Å². The van der Waals surface area contributed by atoms with Crippen molar-refractivity contribution in [2.45, 2.75) is 20.3 Å². The summed E-state index contributed by atoms with van der Waals surface area (Å²) in [4.78, 5) is 26.7. The van der Waals surface area contributed by atoms with Gasteiger partial charge in [-0.1, -0.05) is 24.3 Å². The van der Waals surface area contributed by atoms with Crippen LogP contribution in [0.25, 0.3) is 0 Å². The number of aryl methyl sites for hydroxylation is 2. The van der Waals surface area contributed by atoms with Crippen molar-refractivity contribution in [3.05, 3.63) is 59.7 Å². The minimum Gasteiger partial charge on any atom is -0.325 e. The maximum absolute atomic E-state index is 12.6. The van der Waals surface area contributed by atoms with Crippen LogP contribution in [0.2, 0.25) is 0 Å². The summed E-state index contributed by atoms with van der Waals surface area (Å²) in [5, 5.41) is 2.82. The Bertz CT molecular complexity index is 720. The zero-order valence-electron chi connectivity index (χ0n) is 13.4. The zero-order chi connectivity index (χ0) is 16.4. The molecule has 2 aromatic rings. The van der Waals surface area contributed by atoms with Gasteiger partial charge < -0.3 is 10.2 Å². The molecule has 1 fully saturated rings. The minimum absolute atomic E-state index is 0.122. The molecule has 0 spiro atoms. The molecule has 1 saturated heterocycles. The first-order valence-electron chi connectivity index (χ1n) is 7.80. The van der Waals surface area contributed by atoms with E-state index in [-0.39, 0.29) is 11.8 Å². The number of carbonyl (C=O) groups is 2. The van der Waals surface area contributed by atoms with Gasteiger partial charge in [-0.25, -0.2) is 0 Å². The first-order chi connectivity index (χ1) is 11.0. The molecule has 1 N–H and O–H groups in total. The Hall–Kier alpha value is -2.62. The Morgan fingerprint density at radius 3 is 2.39 bits per heavy atom. The van der Waals surface area contributed by atoms with Gasteiger partial charge in [-0.15, -0.1) is 0 Å². The Balaban J connectivity index is 1.74. The van der Waals surface area contributed by atoms with Crippen LogP contribution in [0.5, 0.6) is 0 Å². The summed E-state index contributed by atoms with van der Waals surface area (Å²) < 4.78 is 0. The molecule has 0 radical (unpaired) electrons. The summed E-state index contributed by atoms with van der Waals surface area (Å²) in [6, 6.07) is 15.3. The summed E-state index contributed by atoms with van der Waals surface area (Å²) in [6.45, 7) is 4.60. The van der Waals surface area contributed by atoms with E-state index in [1.165, 1.54) is 0 Å². The smallest absolute Gasteiger partial charge is 0.239 e. The van der Waals surface area contributed by atoms with Crippen LogP contribution in [0.1, 0.15) is 17.5 Å². The number of nitrogens with zero attached hydrogens (tertiary/aromatic N) is 1. The van der Waals surface area contributed by atoms with Gasteiger partial charge in [0, 0.05) is 17.9 Å². The van der Waals surface area contributed by atoms with Gasteiger partial charge in [-0.05, 0) is 55.7 Å². The van der Waals surface area contributed by atoms with E-state index in [0.717, 1.165) is 22.5 Å². The third kappa shape index (κ3) is 3.26. The SMILES string of the molecule is Cc1cc(C)cc(N2CCC(C(=O)Nc3ccccc3)C2=O)c1. The quantitative estimate of drug-likeness (QED) is 0.885. The maximum Gasteiger partial charge on any atom is 0.239 e. The van der Waals surface area contributed by atoms with E-state index >= 15 is 0 Å². The van der Waals surface area contributed by atoms with Crippen molar-refractivity contribution in [1.82, 2.24) is 0 Å². The van der Waals surface area contributed by atoms with Crippen LogP contribution >= 0.6 is 0 Å². The van der Waals surface area contributed by atoms with E-state index in [9.17, 15) is 9.59 Å².